The van der Waals surface area contributed by atoms with Gasteiger partial charge in [0.25, 0.3) is 0 Å². The number of aliphatic carboxylic acids is 1. The van der Waals surface area contributed by atoms with Gasteiger partial charge in [-0.25, -0.2) is 4.79 Å². The normalized spacial score (nSPS) is 17.9. The van der Waals surface area contributed by atoms with Gasteiger partial charge in [-0.3, -0.25) is 4.98 Å². The summed E-state index contributed by atoms with van der Waals surface area (Å²) in [5.41, 5.74) is 3.19. The third-order valence-electron chi connectivity index (χ3n) is 2.40. The summed E-state index contributed by atoms with van der Waals surface area (Å²) in [6.07, 6.45) is 8.43. The predicted molar refractivity (Wildman–Crippen MR) is 57.2 cm³/mol. The van der Waals surface area contributed by atoms with Crippen LogP contribution in [0.5, 0.6) is 0 Å². The Morgan fingerprint density at radius 3 is 2.73 bits per heavy atom. The highest BCUT2D eigenvalue weighted by Gasteiger charge is 2.11. The Bertz CT molecular complexity index is 432. The largest absolute Gasteiger partial charge is 0.478 e. The van der Waals surface area contributed by atoms with Crippen LogP contribution in [-0.4, -0.2) is 16.1 Å². The molecule has 3 nitrogen and oxygen atoms in total. The molecular formula is C12H11NO2. The summed E-state index contributed by atoms with van der Waals surface area (Å²) in [6.45, 7) is 0. The number of allylic oxidation sites excluding steroid dienone is 3. The maximum absolute atomic E-state index is 10.5. The summed E-state index contributed by atoms with van der Waals surface area (Å²) in [4.78, 5) is 14.4. The average molecular weight is 201 g/mol. The zero-order chi connectivity index (χ0) is 10.7. The SMILES string of the molecule is O=C(O)/C=C1/C=C(c2ccncc2)CC1. The number of aromatic nitrogens is 1. The highest BCUT2D eigenvalue weighted by atomic mass is 16.4. The highest BCUT2D eigenvalue weighted by Crippen LogP contribution is 2.30. The maximum Gasteiger partial charge on any atom is 0.328 e. The number of rotatable bonds is 2. The second-order valence-corrected chi connectivity index (χ2v) is 3.46. The van der Waals surface area contributed by atoms with Gasteiger partial charge in [0, 0.05) is 18.5 Å². The summed E-state index contributed by atoms with van der Waals surface area (Å²) >= 11 is 0. The molecule has 3 heteroatoms. The Morgan fingerprint density at radius 2 is 2.07 bits per heavy atom. The van der Waals surface area contributed by atoms with Crippen molar-refractivity contribution in [1.82, 2.24) is 4.98 Å². The lowest BCUT2D eigenvalue weighted by atomic mass is 10.1. The molecule has 0 amide bonds. The molecule has 0 aliphatic heterocycles. The van der Waals surface area contributed by atoms with Crippen molar-refractivity contribution in [2.24, 2.45) is 0 Å². The van der Waals surface area contributed by atoms with Crippen molar-refractivity contribution in [2.75, 3.05) is 0 Å². The number of nitrogens with zero attached hydrogens (tertiary/aromatic N) is 1. The summed E-state index contributed by atoms with van der Waals surface area (Å²) in [5, 5.41) is 8.62. The zero-order valence-corrected chi connectivity index (χ0v) is 8.18. The number of carbonyl (C=O) groups is 1. The van der Waals surface area contributed by atoms with E-state index in [9.17, 15) is 4.79 Å². The molecule has 0 fully saturated rings. The standard InChI is InChI=1S/C12H11NO2/c14-12(15)8-9-1-2-11(7-9)10-3-5-13-6-4-10/h3-8H,1-2H2,(H,14,15)/b9-8+. The van der Waals surface area contributed by atoms with Crippen molar-refractivity contribution in [3.8, 4) is 0 Å². The Kier molecular flexibility index (Phi) is 2.63. The third-order valence-corrected chi connectivity index (χ3v) is 2.40. The number of carboxylic acids is 1. The first-order valence-corrected chi connectivity index (χ1v) is 4.80. The zero-order valence-electron chi connectivity index (χ0n) is 8.18. The number of hydrogen-bond acceptors (Lipinski definition) is 2. The van der Waals surface area contributed by atoms with E-state index in [4.69, 9.17) is 5.11 Å². The summed E-state index contributed by atoms with van der Waals surface area (Å²) in [5.74, 6) is -0.878. The molecule has 15 heavy (non-hydrogen) atoms. The fraction of sp³-hybridized carbons (Fsp3) is 0.167. The van der Waals surface area contributed by atoms with E-state index < -0.39 is 5.97 Å². The van der Waals surface area contributed by atoms with Crippen LogP contribution >= 0.6 is 0 Å². The van der Waals surface area contributed by atoms with Crippen molar-refractivity contribution in [1.29, 1.82) is 0 Å². The van der Waals surface area contributed by atoms with Gasteiger partial charge in [-0.05, 0) is 41.7 Å². The van der Waals surface area contributed by atoms with Crippen molar-refractivity contribution >= 4 is 11.5 Å². The molecule has 2 rings (SSSR count). The summed E-state index contributed by atoms with van der Waals surface area (Å²) < 4.78 is 0. The fourth-order valence-corrected chi connectivity index (χ4v) is 1.71. The van der Waals surface area contributed by atoms with Crippen LogP contribution in [0.3, 0.4) is 0 Å². The van der Waals surface area contributed by atoms with E-state index in [1.54, 1.807) is 12.4 Å². The molecule has 0 unspecified atom stereocenters. The lowest BCUT2D eigenvalue weighted by Gasteiger charge is -1.98. The molecule has 1 aliphatic rings. The maximum atomic E-state index is 10.5. The van der Waals surface area contributed by atoms with Crippen LogP contribution in [-0.2, 0) is 4.79 Å². The minimum atomic E-state index is -0.878. The number of hydrogen-bond donors (Lipinski definition) is 1. The Balaban J connectivity index is 2.24. The van der Waals surface area contributed by atoms with Crippen LogP contribution < -0.4 is 0 Å². The van der Waals surface area contributed by atoms with E-state index in [1.165, 1.54) is 11.6 Å². The molecule has 1 N–H and O–H groups in total. The highest BCUT2D eigenvalue weighted by molar-refractivity contribution is 5.83. The van der Waals surface area contributed by atoms with Crippen LogP contribution in [0.1, 0.15) is 18.4 Å². The summed E-state index contributed by atoms with van der Waals surface area (Å²) in [6, 6.07) is 3.88. The first-order chi connectivity index (χ1) is 7.25. The lowest BCUT2D eigenvalue weighted by molar-refractivity contribution is -0.131. The summed E-state index contributed by atoms with van der Waals surface area (Å²) in [7, 11) is 0. The van der Waals surface area contributed by atoms with E-state index in [-0.39, 0.29) is 0 Å². The third kappa shape index (κ3) is 2.31. The second-order valence-electron chi connectivity index (χ2n) is 3.46. The van der Waals surface area contributed by atoms with Gasteiger partial charge >= 0.3 is 5.97 Å². The molecule has 0 radical (unpaired) electrons. The van der Waals surface area contributed by atoms with Gasteiger partial charge in [0.2, 0.25) is 0 Å². The molecule has 1 heterocycles. The first kappa shape index (κ1) is 9.65. The lowest BCUT2D eigenvalue weighted by Crippen LogP contribution is -1.88. The van der Waals surface area contributed by atoms with E-state index >= 15 is 0 Å². The molecule has 1 aromatic rings. The van der Waals surface area contributed by atoms with Gasteiger partial charge in [0.1, 0.15) is 0 Å². The molecular weight excluding hydrogens is 190 g/mol. The van der Waals surface area contributed by atoms with Crippen LogP contribution in [0, 0.1) is 0 Å². The molecule has 0 atom stereocenters. The molecule has 0 aromatic carbocycles. The molecule has 76 valence electrons. The number of pyridine rings is 1. The van der Waals surface area contributed by atoms with E-state index in [0.717, 1.165) is 24.0 Å². The Hall–Kier alpha value is -1.90. The predicted octanol–water partition coefficient (Wildman–Crippen LogP) is 2.27. The first-order valence-electron chi connectivity index (χ1n) is 4.80. The van der Waals surface area contributed by atoms with Crippen LogP contribution in [0.2, 0.25) is 0 Å². The van der Waals surface area contributed by atoms with Crippen molar-refractivity contribution in [3.63, 3.8) is 0 Å². The average Bonchev–Trinajstić information content (AvgIpc) is 2.67. The van der Waals surface area contributed by atoms with Crippen molar-refractivity contribution in [3.05, 3.63) is 47.8 Å². The fourth-order valence-electron chi connectivity index (χ4n) is 1.71. The molecule has 0 spiro atoms. The van der Waals surface area contributed by atoms with Gasteiger partial charge in [0.15, 0.2) is 0 Å². The molecule has 0 saturated carbocycles. The van der Waals surface area contributed by atoms with Gasteiger partial charge in [-0.15, -0.1) is 0 Å². The Morgan fingerprint density at radius 1 is 1.33 bits per heavy atom. The second kappa shape index (κ2) is 4.09. The quantitative estimate of drug-likeness (QED) is 0.747. The van der Waals surface area contributed by atoms with Gasteiger partial charge in [-0.1, -0.05) is 6.08 Å². The van der Waals surface area contributed by atoms with Crippen molar-refractivity contribution in [2.45, 2.75) is 12.8 Å². The molecule has 1 aromatic heterocycles. The Labute approximate surface area is 87.8 Å². The van der Waals surface area contributed by atoms with Crippen LogP contribution in [0.15, 0.2) is 42.3 Å². The number of carboxylic acid groups (broad SMARTS) is 1. The smallest absolute Gasteiger partial charge is 0.328 e. The van der Waals surface area contributed by atoms with Gasteiger partial charge in [-0.2, -0.15) is 0 Å². The topological polar surface area (TPSA) is 50.2 Å². The monoisotopic (exact) mass is 201 g/mol. The molecule has 0 saturated heterocycles. The molecule has 0 bridgehead atoms. The van der Waals surface area contributed by atoms with Crippen LogP contribution in [0.4, 0.5) is 0 Å². The van der Waals surface area contributed by atoms with Gasteiger partial charge < -0.3 is 5.11 Å². The molecule has 1 aliphatic carbocycles. The van der Waals surface area contributed by atoms with E-state index in [0.29, 0.717) is 0 Å². The van der Waals surface area contributed by atoms with E-state index in [1.807, 2.05) is 18.2 Å². The minimum absolute atomic E-state index is 0.809. The van der Waals surface area contributed by atoms with Crippen LogP contribution in [0.25, 0.3) is 5.57 Å². The minimum Gasteiger partial charge on any atom is -0.478 e. The van der Waals surface area contributed by atoms with E-state index in [2.05, 4.69) is 4.98 Å². The van der Waals surface area contributed by atoms with Gasteiger partial charge in [0.05, 0.1) is 0 Å². The van der Waals surface area contributed by atoms with Crippen molar-refractivity contribution < 1.29 is 9.90 Å².